The minimum Gasteiger partial charge on any atom is -0.494 e. The number of ether oxygens (including phenoxy) is 1. The summed E-state index contributed by atoms with van der Waals surface area (Å²) in [7, 11) is 1.41. The van der Waals surface area contributed by atoms with Gasteiger partial charge in [0.25, 0.3) is 0 Å². The van der Waals surface area contributed by atoms with Crippen molar-refractivity contribution in [1.29, 1.82) is 0 Å². The molecule has 4 aliphatic heterocycles. The Morgan fingerprint density at radius 2 is 0.767 bits per heavy atom. The second kappa shape index (κ2) is 35.6. The first-order valence-electron chi connectivity index (χ1n) is 44.1. The molecule has 702 valence electrons. The van der Waals surface area contributed by atoms with Gasteiger partial charge in [-0.25, -0.2) is 70.6 Å². The van der Waals surface area contributed by atoms with Crippen LogP contribution in [0.2, 0.25) is 0 Å². The van der Waals surface area contributed by atoms with Gasteiger partial charge in [0.15, 0.2) is 74.9 Å². The maximum Gasteiger partial charge on any atom is 0.223 e. The summed E-state index contributed by atoms with van der Waals surface area (Å²) in [5.74, 6) is -1.28. The molecule has 0 aliphatic carbocycles. The van der Waals surface area contributed by atoms with Crippen molar-refractivity contribution in [3.63, 3.8) is 0 Å². The molecule has 20 rings (SSSR count). The number of hydrogen-bond donors (Lipinski definition) is 8. The van der Waals surface area contributed by atoms with E-state index in [9.17, 15) is 51.2 Å². The van der Waals surface area contributed by atoms with E-state index in [0.29, 0.717) is 103 Å². The normalized spacial score (nSPS) is 19.3. The van der Waals surface area contributed by atoms with Gasteiger partial charge >= 0.3 is 0 Å². The minimum absolute atomic E-state index is 0.00429. The van der Waals surface area contributed by atoms with E-state index in [2.05, 4.69) is 116 Å². The largest absolute Gasteiger partial charge is 0.494 e. The van der Waals surface area contributed by atoms with Crippen molar-refractivity contribution in [2.75, 3.05) is 109 Å². The Bertz CT molecular complexity index is 6820. The summed E-state index contributed by atoms with van der Waals surface area (Å²) in [4.78, 5) is 44.2. The van der Waals surface area contributed by atoms with Gasteiger partial charge in [-0.2, -0.15) is 38.5 Å². The molecule has 4 aliphatic rings. The van der Waals surface area contributed by atoms with Crippen molar-refractivity contribution in [3.8, 4) is 5.75 Å². The van der Waals surface area contributed by atoms with Gasteiger partial charge in [-0.05, 0) is 129 Å². The smallest absolute Gasteiger partial charge is 0.223 e. The first-order valence-corrected chi connectivity index (χ1v) is 44.1. The summed E-state index contributed by atoms with van der Waals surface area (Å²) in [6.45, 7) is 28.4. The van der Waals surface area contributed by atoms with Gasteiger partial charge in [0.1, 0.15) is 34.0 Å². The van der Waals surface area contributed by atoms with Crippen molar-refractivity contribution in [2.45, 2.75) is 180 Å². The molecule has 0 unspecified atom stereocenters. The number of fused-ring (bicyclic) bond motifs is 12. The van der Waals surface area contributed by atoms with Crippen LogP contribution in [0, 0.1) is 58.5 Å². The number of hydrogen-bond acceptors (Lipinski definition) is 29. The summed E-state index contributed by atoms with van der Waals surface area (Å²) < 4.78 is 117. The highest BCUT2D eigenvalue weighted by Gasteiger charge is 2.37. The molecule has 4 fully saturated rings. The SMILES string of the molecule is CC[C@@](C)(O)Cn1cc(N2CCC[C@@H](c3nc4c5cc(F)c(OC)cc5nc(N)n4n3)C2)cn1.C[C@@H]1C[C@@H](c2nc3c4cc(F)cc(F)c4nc(N)n3n2)CN(c2cnn(CC(C)(C)O)c2)C1.C[C@H]1C[C@H](c2nc3c4cc(F)cc(F)c4nc(N)n3n2)CN(c2cnn(C(C)(C)CO)c2)C1.C[C@H]1C[C@H](c2nc3c4cc(F)cc(F)c4nc(N)n3n2)CN(c2cnn(CC(C)(C)O)c2)C1. The quantitative estimate of drug-likeness (QED) is 0.0370. The zero-order valence-corrected chi connectivity index (χ0v) is 75.7. The van der Waals surface area contributed by atoms with Crippen LogP contribution in [0.5, 0.6) is 5.75 Å². The third-order valence-corrected chi connectivity index (χ3v) is 24.7. The molecule has 8 atom stereocenters. The molecule has 0 bridgehead atoms. The molecule has 37 nitrogen and oxygen atoms in total. The predicted molar refractivity (Wildman–Crippen MR) is 486 cm³/mol. The number of nitrogens with zero attached hydrogens (tertiary/aromatic N) is 28. The van der Waals surface area contributed by atoms with E-state index in [-0.39, 0.29) is 109 Å². The van der Waals surface area contributed by atoms with E-state index < -0.39 is 63.1 Å². The number of nitrogens with two attached hydrogens (primary N) is 4. The molecule has 16 aromatic rings. The average Bonchev–Trinajstić information content (AvgIpc) is 1.63. The summed E-state index contributed by atoms with van der Waals surface area (Å²) in [6, 6.07) is 8.82. The number of aliphatic hydroxyl groups excluding tert-OH is 1. The lowest BCUT2D eigenvalue weighted by molar-refractivity contribution is 0.0345. The molecule has 133 heavy (non-hydrogen) atoms. The summed E-state index contributed by atoms with van der Waals surface area (Å²) in [5, 5.41) is 77.3. The maximum absolute atomic E-state index is 14.4. The van der Waals surface area contributed by atoms with Crippen LogP contribution in [0.3, 0.4) is 0 Å². The lowest BCUT2D eigenvalue weighted by Crippen LogP contribution is -2.39. The monoisotopic (exact) mass is 1840 g/mol. The third kappa shape index (κ3) is 19.2. The zero-order chi connectivity index (χ0) is 94.5. The fourth-order valence-corrected chi connectivity index (χ4v) is 18.1. The second-order valence-electron chi connectivity index (χ2n) is 37.9. The number of nitrogen functional groups attached to an aromatic ring is 4. The lowest BCUT2D eigenvalue weighted by atomic mass is 9.89. The van der Waals surface area contributed by atoms with Crippen LogP contribution >= 0.6 is 0 Å². The third-order valence-electron chi connectivity index (χ3n) is 24.7. The lowest BCUT2D eigenvalue weighted by Gasteiger charge is -2.36. The molecule has 4 aromatic carbocycles. The van der Waals surface area contributed by atoms with Gasteiger partial charge in [0.2, 0.25) is 23.8 Å². The van der Waals surface area contributed by atoms with Gasteiger partial charge in [-0.3, -0.25) is 18.7 Å². The van der Waals surface area contributed by atoms with E-state index in [1.807, 2.05) is 58.7 Å². The fourth-order valence-electron chi connectivity index (χ4n) is 18.1. The van der Waals surface area contributed by atoms with Gasteiger partial charge in [0.05, 0.1) is 125 Å². The summed E-state index contributed by atoms with van der Waals surface area (Å²) >= 11 is 0. The van der Waals surface area contributed by atoms with E-state index >= 15 is 0 Å². The van der Waals surface area contributed by atoms with E-state index in [4.69, 9.17) is 32.7 Å². The highest BCUT2D eigenvalue weighted by molar-refractivity contribution is 5.95. The molecule has 12 aromatic heterocycles. The standard InChI is InChI=1S/C23H29FN8O2.3C22H26F2N8O/c1-4-23(2,33)13-31-12-15(10-26-31)30-7-5-6-14(11-30)20-28-21-16-8-17(24)19(34-3)9-18(16)27-22(25)32(21)29-20;1-12-4-13(9-30(8-12)15-7-26-31(10-15)22(2,3)11-33)19-28-20-16-5-14(23)6-17(24)18(16)27-21(25)32(20)29-19;2*1-12-4-13(9-30(8-12)15-7-26-31(10-15)11-22(2,3)33)19-28-20-16-5-14(23)6-17(24)18(16)27-21(25)32(20)29-19/h8-10,12,14,33H,4-7,11,13H2,1-3H3,(H2,25,27);3*5-7,10,12-13,33H,4,8-9,11H2,1-3H3,(H2,25,27)/t14-,23-;3*12-,13-/m1010/s1. The summed E-state index contributed by atoms with van der Waals surface area (Å²) in [5.41, 5.74) is 26.8. The topological polar surface area (TPSA) is 451 Å². The van der Waals surface area contributed by atoms with E-state index in [0.717, 1.165) is 106 Å². The maximum atomic E-state index is 14.4. The van der Waals surface area contributed by atoms with Gasteiger partial charge in [-0.15, -0.1) is 20.4 Å². The highest BCUT2D eigenvalue weighted by Crippen LogP contribution is 2.40. The van der Waals surface area contributed by atoms with Crippen LogP contribution in [0.15, 0.2) is 98.1 Å². The van der Waals surface area contributed by atoms with Crippen LogP contribution in [0.4, 0.5) is 77.3 Å². The first kappa shape index (κ1) is 91.4. The highest BCUT2D eigenvalue weighted by atomic mass is 19.2. The van der Waals surface area contributed by atoms with Crippen LogP contribution in [0.25, 0.3) is 66.2 Å². The zero-order valence-electron chi connectivity index (χ0n) is 75.7. The number of anilines is 8. The van der Waals surface area contributed by atoms with Crippen LogP contribution < -0.4 is 47.3 Å². The minimum atomic E-state index is -0.864. The molecular weight excluding hydrogens is 1730 g/mol. The van der Waals surface area contributed by atoms with E-state index in [1.165, 1.54) is 55.5 Å². The molecule has 12 N–H and O–H groups in total. The van der Waals surface area contributed by atoms with Gasteiger partial charge in [-0.1, -0.05) is 27.7 Å². The van der Waals surface area contributed by atoms with Gasteiger partial charge in [0, 0.05) is 130 Å². The van der Waals surface area contributed by atoms with Crippen LogP contribution in [-0.4, -0.2) is 221 Å². The Kier molecular flexibility index (Phi) is 24.4. The van der Waals surface area contributed by atoms with E-state index in [1.54, 1.807) is 65.0 Å². The number of methoxy groups -OCH3 is 1. The molecule has 44 heteroatoms. The first-order chi connectivity index (χ1) is 63.1. The number of aliphatic hydroxyl groups is 4. The van der Waals surface area contributed by atoms with Crippen molar-refractivity contribution in [3.05, 3.63) is 162 Å². The van der Waals surface area contributed by atoms with Gasteiger partial charge < -0.3 is 67.7 Å². The predicted octanol–water partition coefficient (Wildman–Crippen LogP) is 10.9. The number of halogens is 7. The molecule has 4 saturated heterocycles. The molecule has 0 spiro atoms. The number of piperidine rings is 4. The van der Waals surface area contributed by atoms with Crippen molar-refractivity contribution >= 4 is 113 Å². The van der Waals surface area contributed by atoms with Crippen LogP contribution in [0.1, 0.15) is 162 Å². The molecular formula is C89H107F7N32O5. The molecule has 0 radical (unpaired) electrons. The molecule has 16 heterocycles. The Balaban J connectivity index is 0.000000124. The average molecular weight is 1840 g/mol. The Labute approximate surface area is 757 Å². The summed E-state index contributed by atoms with van der Waals surface area (Å²) in [6.07, 6.45) is 20.1. The fraction of sp³-hybridized carbons (Fsp3) is 0.461. The van der Waals surface area contributed by atoms with Crippen LogP contribution in [-0.2, 0) is 25.2 Å². The van der Waals surface area contributed by atoms with Crippen molar-refractivity contribution < 1.29 is 55.9 Å². The molecule has 0 amide bonds. The Hall–Kier alpha value is -13.5. The Morgan fingerprint density at radius 3 is 1.15 bits per heavy atom. The number of rotatable bonds is 18. The number of aromatic nitrogens is 24. The Morgan fingerprint density at radius 1 is 0.414 bits per heavy atom. The van der Waals surface area contributed by atoms with Crippen molar-refractivity contribution in [1.82, 2.24) is 117 Å². The second-order valence-corrected chi connectivity index (χ2v) is 37.9. The van der Waals surface area contributed by atoms with Crippen molar-refractivity contribution in [2.24, 2.45) is 17.8 Å². The molecule has 0 saturated carbocycles. The number of benzene rings is 4.